The molecule has 0 N–H and O–H groups in total. The molecule has 1 aromatic carbocycles. The van der Waals surface area contributed by atoms with E-state index < -0.39 is 0 Å². The monoisotopic (exact) mass is 187 g/mol. The van der Waals surface area contributed by atoms with Crippen LogP contribution < -0.4 is 4.74 Å². The molecule has 1 aromatic rings. The van der Waals surface area contributed by atoms with Crippen LogP contribution in [0.1, 0.15) is 18.9 Å². The van der Waals surface area contributed by atoms with Crippen LogP contribution in [-0.2, 0) is 0 Å². The fraction of sp³-hybridized carbons (Fsp3) is 0.250. The van der Waals surface area contributed by atoms with Gasteiger partial charge in [0.05, 0.1) is 18.8 Å². The van der Waals surface area contributed by atoms with E-state index >= 15 is 0 Å². The Balaban J connectivity index is 3.06. The van der Waals surface area contributed by atoms with Crippen molar-refractivity contribution in [1.82, 2.24) is 0 Å². The van der Waals surface area contributed by atoms with Crippen LogP contribution in [0.2, 0.25) is 0 Å². The Morgan fingerprint density at radius 3 is 2.93 bits per heavy atom. The molecule has 0 saturated heterocycles. The lowest BCUT2D eigenvalue weighted by Crippen LogP contribution is -1.85. The molecule has 0 aromatic heterocycles. The molecule has 0 fully saturated rings. The minimum absolute atomic E-state index is 0.700. The maximum atomic E-state index is 8.92. The molecule has 0 aliphatic heterocycles. The third kappa shape index (κ3) is 2.37. The molecule has 72 valence electrons. The van der Waals surface area contributed by atoms with Crippen LogP contribution in [-0.4, -0.2) is 7.11 Å². The summed E-state index contributed by atoms with van der Waals surface area (Å²) < 4.78 is 5.09. The fourth-order valence-electron chi connectivity index (χ4n) is 1.22. The summed E-state index contributed by atoms with van der Waals surface area (Å²) in [5.41, 5.74) is 1.61. The molecule has 0 spiro atoms. The second kappa shape index (κ2) is 5.08. The van der Waals surface area contributed by atoms with Crippen molar-refractivity contribution in [2.75, 3.05) is 7.11 Å². The first-order chi connectivity index (χ1) is 6.81. The van der Waals surface area contributed by atoms with Gasteiger partial charge in [-0.05, 0) is 24.1 Å². The Hall–Kier alpha value is -1.75. The number of rotatable bonds is 3. The Kier molecular flexibility index (Phi) is 3.75. The maximum Gasteiger partial charge on any atom is 0.119 e. The number of nitrogens with zero attached hydrogens (tertiary/aromatic N) is 1. The highest BCUT2D eigenvalue weighted by atomic mass is 16.5. The summed E-state index contributed by atoms with van der Waals surface area (Å²) in [6, 6.07) is 9.70. The third-order valence-electron chi connectivity index (χ3n) is 1.91. The van der Waals surface area contributed by atoms with Gasteiger partial charge in [-0.3, -0.25) is 0 Å². The molecule has 0 atom stereocenters. The standard InChI is InChI=1S/C12H13NO/c1-3-5-11(9-13)10-6-4-7-12(8-10)14-2/h4-8H,3H2,1-2H3/b11-5+. The zero-order valence-electron chi connectivity index (χ0n) is 8.45. The summed E-state index contributed by atoms with van der Waals surface area (Å²) in [6.45, 7) is 2.01. The maximum absolute atomic E-state index is 8.92. The van der Waals surface area contributed by atoms with Gasteiger partial charge in [0.25, 0.3) is 0 Å². The Morgan fingerprint density at radius 2 is 2.36 bits per heavy atom. The largest absolute Gasteiger partial charge is 0.497 e. The van der Waals surface area contributed by atoms with Gasteiger partial charge in [0, 0.05) is 0 Å². The van der Waals surface area contributed by atoms with Crippen molar-refractivity contribution in [2.24, 2.45) is 0 Å². The molecular formula is C12H13NO. The second-order valence-corrected chi connectivity index (χ2v) is 2.87. The third-order valence-corrected chi connectivity index (χ3v) is 1.91. The lowest BCUT2D eigenvalue weighted by atomic mass is 10.1. The number of hydrogen-bond donors (Lipinski definition) is 0. The average Bonchev–Trinajstić information content (AvgIpc) is 2.26. The average molecular weight is 187 g/mol. The molecule has 2 heteroatoms. The van der Waals surface area contributed by atoms with Crippen molar-refractivity contribution in [1.29, 1.82) is 5.26 Å². The van der Waals surface area contributed by atoms with Crippen LogP contribution in [0.15, 0.2) is 30.3 Å². The zero-order valence-corrected chi connectivity index (χ0v) is 8.45. The molecule has 0 aliphatic carbocycles. The van der Waals surface area contributed by atoms with Gasteiger partial charge in [-0.25, -0.2) is 0 Å². The minimum atomic E-state index is 0.700. The van der Waals surface area contributed by atoms with Gasteiger partial charge in [-0.2, -0.15) is 5.26 Å². The predicted octanol–water partition coefficient (Wildman–Crippen LogP) is 3.01. The lowest BCUT2D eigenvalue weighted by molar-refractivity contribution is 0.414. The van der Waals surface area contributed by atoms with Crippen molar-refractivity contribution >= 4 is 5.57 Å². The molecule has 0 aliphatic rings. The first-order valence-corrected chi connectivity index (χ1v) is 4.56. The van der Waals surface area contributed by atoms with Gasteiger partial charge in [0.2, 0.25) is 0 Å². The summed E-state index contributed by atoms with van der Waals surface area (Å²) in [4.78, 5) is 0. The van der Waals surface area contributed by atoms with E-state index in [9.17, 15) is 0 Å². The van der Waals surface area contributed by atoms with E-state index in [1.165, 1.54) is 0 Å². The molecule has 0 bridgehead atoms. The van der Waals surface area contributed by atoms with Gasteiger partial charge >= 0.3 is 0 Å². The lowest BCUT2D eigenvalue weighted by Gasteiger charge is -2.02. The van der Waals surface area contributed by atoms with E-state index in [1.54, 1.807) is 7.11 Å². The topological polar surface area (TPSA) is 33.0 Å². The van der Waals surface area contributed by atoms with Crippen LogP contribution in [0.3, 0.4) is 0 Å². The highest BCUT2D eigenvalue weighted by Gasteiger charge is 2.00. The predicted molar refractivity (Wildman–Crippen MR) is 56.9 cm³/mol. The summed E-state index contributed by atoms with van der Waals surface area (Å²) in [6.07, 6.45) is 2.77. The summed E-state index contributed by atoms with van der Waals surface area (Å²) >= 11 is 0. The number of allylic oxidation sites excluding steroid dienone is 2. The van der Waals surface area contributed by atoms with E-state index in [0.717, 1.165) is 17.7 Å². The Labute approximate surface area is 84.4 Å². The van der Waals surface area contributed by atoms with Crippen LogP contribution in [0.4, 0.5) is 0 Å². The van der Waals surface area contributed by atoms with Crippen molar-refractivity contribution in [3.8, 4) is 11.8 Å². The Bertz CT molecular complexity index is 374. The van der Waals surface area contributed by atoms with Gasteiger partial charge in [0.15, 0.2) is 0 Å². The second-order valence-electron chi connectivity index (χ2n) is 2.87. The van der Waals surface area contributed by atoms with Crippen molar-refractivity contribution in [3.05, 3.63) is 35.9 Å². The molecule has 0 radical (unpaired) electrons. The first-order valence-electron chi connectivity index (χ1n) is 4.56. The van der Waals surface area contributed by atoms with Gasteiger partial charge < -0.3 is 4.74 Å². The summed E-state index contributed by atoms with van der Waals surface area (Å²) in [5, 5.41) is 8.92. The number of nitriles is 1. The van der Waals surface area contributed by atoms with Gasteiger partial charge in [0.1, 0.15) is 5.75 Å². The van der Waals surface area contributed by atoms with Crippen LogP contribution in [0.5, 0.6) is 5.75 Å². The van der Waals surface area contributed by atoms with Crippen molar-refractivity contribution in [3.63, 3.8) is 0 Å². The molecule has 0 saturated carbocycles. The summed E-state index contributed by atoms with van der Waals surface area (Å²) in [5.74, 6) is 0.778. The van der Waals surface area contributed by atoms with Crippen LogP contribution in [0.25, 0.3) is 5.57 Å². The molecule has 0 unspecified atom stereocenters. The van der Waals surface area contributed by atoms with Crippen LogP contribution >= 0.6 is 0 Å². The van der Waals surface area contributed by atoms with Crippen molar-refractivity contribution < 1.29 is 4.74 Å². The minimum Gasteiger partial charge on any atom is -0.497 e. The molecule has 0 heterocycles. The smallest absolute Gasteiger partial charge is 0.119 e. The SMILES string of the molecule is CC/C=C(\C#N)c1cccc(OC)c1. The molecule has 0 amide bonds. The number of benzene rings is 1. The number of methoxy groups -OCH3 is 1. The van der Waals surface area contributed by atoms with Crippen molar-refractivity contribution in [2.45, 2.75) is 13.3 Å². The van der Waals surface area contributed by atoms with E-state index in [4.69, 9.17) is 10.00 Å². The van der Waals surface area contributed by atoms with Crippen LogP contribution in [0, 0.1) is 11.3 Å². The van der Waals surface area contributed by atoms with Gasteiger partial charge in [-0.1, -0.05) is 25.1 Å². The highest BCUT2D eigenvalue weighted by Crippen LogP contribution is 2.19. The molecule has 14 heavy (non-hydrogen) atoms. The highest BCUT2D eigenvalue weighted by molar-refractivity contribution is 5.77. The van der Waals surface area contributed by atoms with Gasteiger partial charge in [-0.15, -0.1) is 0 Å². The molecule has 1 rings (SSSR count). The van der Waals surface area contributed by atoms with E-state index in [1.807, 2.05) is 37.3 Å². The first kappa shape index (κ1) is 10.3. The van der Waals surface area contributed by atoms with E-state index in [2.05, 4.69) is 6.07 Å². The quantitative estimate of drug-likeness (QED) is 0.681. The molecular weight excluding hydrogens is 174 g/mol. The fourth-order valence-corrected chi connectivity index (χ4v) is 1.22. The Morgan fingerprint density at radius 1 is 1.57 bits per heavy atom. The number of ether oxygens (including phenoxy) is 1. The van der Waals surface area contributed by atoms with E-state index in [-0.39, 0.29) is 0 Å². The zero-order chi connectivity index (χ0) is 10.4. The number of hydrogen-bond acceptors (Lipinski definition) is 2. The van der Waals surface area contributed by atoms with E-state index in [0.29, 0.717) is 5.57 Å². The normalized spacial score (nSPS) is 10.8. The summed E-state index contributed by atoms with van der Waals surface area (Å²) in [7, 11) is 1.62. The molecule has 2 nitrogen and oxygen atoms in total.